The van der Waals surface area contributed by atoms with Crippen molar-refractivity contribution in [1.29, 1.82) is 0 Å². The predicted molar refractivity (Wildman–Crippen MR) is 110 cm³/mol. The predicted octanol–water partition coefficient (Wildman–Crippen LogP) is 5.26. The van der Waals surface area contributed by atoms with Crippen LogP contribution in [0, 0.1) is 0 Å². The third-order valence-electron chi connectivity index (χ3n) is 4.53. The van der Waals surface area contributed by atoms with Crippen molar-refractivity contribution in [3.05, 3.63) is 66.2 Å². The van der Waals surface area contributed by atoms with Crippen LogP contribution in [0.15, 0.2) is 59.1 Å². The van der Waals surface area contributed by atoms with Gasteiger partial charge in [-0.2, -0.15) is 0 Å². The van der Waals surface area contributed by atoms with E-state index < -0.39 is 0 Å². The molecule has 1 amide bonds. The van der Waals surface area contributed by atoms with Crippen molar-refractivity contribution in [2.45, 2.75) is 39.0 Å². The lowest BCUT2D eigenvalue weighted by molar-refractivity contribution is -0.116. The normalized spacial score (nSPS) is 10.6. The highest BCUT2D eigenvalue weighted by atomic mass is 16.5. The summed E-state index contributed by atoms with van der Waals surface area (Å²) >= 11 is 0. The number of unbranched alkanes of at least 4 members (excludes halogenated alkanes) is 1. The third kappa shape index (κ3) is 5.46. The molecule has 0 fully saturated rings. The van der Waals surface area contributed by atoms with Crippen LogP contribution in [-0.4, -0.2) is 18.0 Å². The Balaban J connectivity index is 1.51. The maximum Gasteiger partial charge on any atom is 0.224 e. The summed E-state index contributed by atoms with van der Waals surface area (Å²) in [6.45, 7) is 2.18. The fourth-order valence-corrected chi connectivity index (χ4v) is 2.92. The fraction of sp³-hybridized carbons (Fsp3) is 0.304. The molecule has 1 aromatic heterocycles. The molecule has 0 radical (unpaired) electrons. The molecular formula is C23H26N2O3. The summed E-state index contributed by atoms with van der Waals surface area (Å²) < 4.78 is 11.0. The van der Waals surface area contributed by atoms with E-state index in [2.05, 4.69) is 29.4 Å². The Hall–Kier alpha value is -3.08. The molecule has 0 saturated heterocycles. The van der Waals surface area contributed by atoms with E-state index in [1.54, 1.807) is 13.3 Å². The van der Waals surface area contributed by atoms with Crippen molar-refractivity contribution in [2.24, 2.45) is 0 Å². The van der Waals surface area contributed by atoms with Gasteiger partial charge in [0.1, 0.15) is 5.75 Å². The zero-order valence-electron chi connectivity index (χ0n) is 16.4. The maximum atomic E-state index is 12.2. The van der Waals surface area contributed by atoms with Crippen molar-refractivity contribution in [3.63, 3.8) is 0 Å². The number of anilines is 1. The smallest absolute Gasteiger partial charge is 0.224 e. The summed E-state index contributed by atoms with van der Waals surface area (Å²) in [5, 5.41) is 2.92. The van der Waals surface area contributed by atoms with Crippen LogP contribution in [0.4, 0.5) is 5.69 Å². The lowest BCUT2D eigenvalue weighted by Gasteiger charge is -2.06. The highest BCUT2D eigenvalue weighted by Crippen LogP contribution is 2.24. The van der Waals surface area contributed by atoms with Gasteiger partial charge in [0.05, 0.1) is 13.3 Å². The summed E-state index contributed by atoms with van der Waals surface area (Å²) in [6, 6.07) is 15.6. The molecule has 0 unspecified atom stereocenters. The number of carbonyl (C=O) groups excluding carboxylic acids is 1. The topological polar surface area (TPSA) is 64.4 Å². The molecule has 0 aliphatic rings. The van der Waals surface area contributed by atoms with Crippen LogP contribution in [0.3, 0.4) is 0 Å². The molecule has 146 valence electrons. The number of hydrogen-bond acceptors (Lipinski definition) is 4. The Morgan fingerprint density at radius 1 is 1.14 bits per heavy atom. The van der Waals surface area contributed by atoms with Crippen LogP contribution in [-0.2, 0) is 17.6 Å². The minimum absolute atomic E-state index is 0.0533. The van der Waals surface area contributed by atoms with E-state index in [1.165, 1.54) is 18.4 Å². The van der Waals surface area contributed by atoms with E-state index in [0.717, 1.165) is 23.4 Å². The minimum Gasteiger partial charge on any atom is -0.497 e. The number of nitrogens with zero attached hydrogens (tertiary/aromatic N) is 1. The molecule has 0 bridgehead atoms. The lowest BCUT2D eigenvalue weighted by atomic mass is 10.1. The van der Waals surface area contributed by atoms with E-state index in [0.29, 0.717) is 24.5 Å². The first-order chi connectivity index (χ1) is 13.7. The van der Waals surface area contributed by atoms with Gasteiger partial charge in [-0.3, -0.25) is 4.79 Å². The lowest BCUT2D eigenvalue weighted by Crippen LogP contribution is -2.12. The van der Waals surface area contributed by atoms with Gasteiger partial charge in [0.25, 0.3) is 0 Å². The highest BCUT2D eigenvalue weighted by molar-refractivity contribution is 5.90. The zero-order valence-corrected chi connectivity index (χ0v) is 16.4. The first kappa shape index (κ1) is 19.7. The van der Waals surface area contributed by atoms with E-state index in [9.17, 15) is 4.79 Å². The summed E-state index contributed by atoms with van der Waals surface area (Å²) in [6.07, 6.45) is 5.88. The molecule has 0 saturated carbocycles. The molecule has 5 heteroatoms. The molecule has 0 aliphatic heterocycles. The number of aryl methyl sites for hydroxylation is 2. The number of nitrogens with one attached hydrogen (secondary N) is 1. The second kappa shape index (κ2) is 9.74. The van der Waals surface area contributed by atoms with E-state index in [1.807, 2.05) is 36.4 Å². The van der Waals surface area contributed by atoms with E-state index in [4.69, 9.17) is 9.15 Å². The van der Waals surface area contributed by atoms with Gasteiger partial charge in [0, 0.05) is 24.1 Å². The first-order valence-corrected chi connectivity index (χ1v) is 9.66. The SMILES string of the molecule is CCCCc1ccc(NC(=O)CCc2ncc(-c3cccc(OC)c3)o2)cc1. The molecule has 5 nitrogen and oxygen atoms in total. The number of carbonyl (C=O) groups is 1. The van der Waals surface area contributed by atoms with Crippen molar-refractivity contribution in [1.82, 2.24) is 4.98 Å². The van der Waals surface area contributed by atoms with Gasteiger partial charge in [-0.25, -0.2) is 4.98 Å². The van der Waals surface area contributed by atoms with E-state index in [-0.39, 0.29) is 5.91 Å². The standard InChI is InChI=1S/C23H26N2O3/c1-3-4-6-17-9-11-19(12-10-17)25-22(26)13-14-23-24-16-21(28-23)18-7-5-8-20(15-18)27-2/h5,7-12,15-16H,3-4,6,13-14H2,1-2H3,(H,25,26). The van der Waals surface area contributed by atoms with Crippen molar-refractivity contribution in [2.75, 3.05) is 12.4 Å². The molecule has 3 rings (SSSR count). The van der Waals surface area contributed by atoms with Crippen LogP contribution in [0.2, 0.25) is 0 Å². The summed E-state index contributed by atoms with van der Waals surface area (Å²) in [4.78, 5) is 16.5. The Morgan fingerprint density at radius 3 is 2.71 bits per heavy atom. The van der Waals surface area contributed by atoms with Crippen LogP contribution < -0.4 is 10.1 Å². The number of ether oxygens (including phenoxy) is 1. The number of hydrogen-bond donors (Lipinski definition) is 1. The molecule has 0 aliphatic carbocycles. The highest BCUT2D eigenvalue weighted by Gasteiger charge is 2.10. The average Bonchev–Trinajstić information content (AvgIpc) is 3.21. The Labute approximate surface area is 165 Å². The second-order valence-corrected chi connectivity index (χ2v) is 6.70. The number of aromatic nitrogens is 1. The van der Waals surface area contributed by atoms with Gasteiger partial charge in [-0.1, -0.05) is 37.6 Å². The zero-order chi connectivity index (χ0) is 19.8. The van der Waals surface area contributed by atoms with Gasteiger partial charge in [0.15, 0.2) is 11.7 Å². The molecule has 1 heterocycles. The second-order valence-electron chi connectivity index (χ2n) is 6.70. The maximum absolute atomic E-state index is 12.2. The third-order valence-corrected chi connectivity index (χ3v) is 4.53. The summed E-state index contributed by atoms with van der Waals surface area (Å²) in [5.74, 6) is 1.91. The Kier molecular flexibility index (Phi) is 6.84. The number of benzene rings is 2. The minimum atomic E-state index is -0.0533. The van der Waals surface area contributed by atoms with Crippen molar-refractivity contribution >= 4 is 11.6 Å². The van der Waals surface area contributed by atoms with Crippen molar-refractivity contribution in [3.8, 4) is 17.1 Å². The molecule has 0 atom stereocenters. The average molecular weight is 378 g/mol. The van der Waals surface area contributed by atoms with Crippen LogP contribution in [0.25, 0.3) is 11.3 Å². The van der Waals surface area contributed by atoms with Gasteiger partial charge in [-0.15, -0.1) is 0 Å². The van der Waals surface area contributed by atoms with E-state index >= 15 is 0 Å². The first-order valence-electron chi connectivity index (χ1n) is 9.66. The summed E-state index contributed by atoms with van der Waals surface area (Å²) in [7, 11) is 1.63. The monoisotopic (exact) mass is 378 g/mol. The van der Waals surface area contributed by atoms with Crippen LogP contribution in [0.5, 0.6) is 5.75 Å². The quantitative estimate of drug-likeness (QED) is 0.551. The van der Waals surface area contributed by atoms with Crippen molar-refractivity contribution < 1.29 is 13.9 Å². The van der Waals surface area contributed by atoms with Gasteiger partial charge in [-0.05, 0) is 42.7 Å². The number of amides is 1. The van der Waals surface area contributed by atoms with Gasteiger partial charge >= 0.3 is 0 Å². The van der Waals surface area contributed by atoms with Crippen LogP contribution in [0.1, 0.15) is 37.6 Å². The largest absolute Gasteiger partial charge is 0.497 e. The van der Waals surface area contributed by atoms with Crippen LogP contribution >= 0.6 is 0 Å². The molecular weight excluding hydrogens is 352 g/mol. The molecule has 0 spiro atoms. The molecule has 1 N–H and O–H groups in total. The van der Waals surface area contributed by atoms with Gasteiger partial charge in [0.2, 0.25) is 5.91 Å². The molecule has 2 aromatic carbocycles. The molecule has 3 aromatic rings. The summed E-state index contributed by atoms with van der Waals surface area (Å²) in [5.41, 5.74) is 3.00. The molecule has 28 heavy (non-hydrogen) atoms. The number of rotatable bonds is 9. The van der Waals surface area contributed by atoms with Gasteiger partial charge < -0.3 is 14.5 Å². The number of methoxy groups -OCH3 is 1. The Bertz CT molecular complexity index is 900. The number of oxazole rings is 1. The fourth-order valence-electron chi connectivity index (χ4n) is 2.92. The Morgan fingerprint density at radius 2 is 1.96 bits per heavy atom.